The Morgan fingerprint density at radius 3 is 2.67 bits per heavy atom. The smallest absolute Gasteiger partial charge is 0.257 e. The maximum atomic E-state index is 12.3. The number of nitrogen functional groups attached to an aromatic ring is 1. The van der Waals surface area contributed by atoms with Crippen LogP contribution in [-0.2, 0) is 0 Å². The number of hydrogen-bond acceptors (Lipinski definition) is 2. The van der Waals surface area contributed by atoms with E-state index < -0.39 is 0 Å². The molecule has 0 aliphatic rings. The van der Waals surface area contributed by atoms with Crippen molar-refractivity contribution in [3.8, 4) is 0 Å². The molecule has 4 nitrogen and oxygen atoms in total. The van der Waals surface area contributed by atoms with Gasteiger partial charge in [-0.3, -0.25) is 4.79 Å². The molecule has 0 aliphatic heterocycles. The maximum Gasteiger partial charge on any atom is 0.257 e. The van der Waals surface area contributed by atoms with E-state index in [1.807, 2.05) is 6.07 Å². The van der Waals surface area contributed by atoms with E-state index in [0.717, 1.165) is 10.9 Å². The minimum absolute atomic E-state index is 0.232. The van der Waals surface area contributed by atoms with Crippen molar-refractivity contribution in [2.75, 3.05) is 11.1 Å². The van der Waals surface area contributed by atoms with Crippen LogP contribution in [0.1, 0.15) is 10.4 Å². The van der Waals surface area contributed by atoms with Gasteiger partial charge in [-0.15, -0.1) is 0 Å². The second-order valence-electron chi connectivity index (χ2n) is 4.59. The zero-order valence-corrected chi connectivity index (χ0v) is 12.3. The normalized spacial score (nSPS) is 10.8. The first-order valence-electron chi connectivity index (χ1n) is 6.17. The van der Waals surface area contributed by atoms with Crippen molar-refractivity contribution in [2.24, 2.45) is 0 Å². The van der Waals surface area contributed by atoms with Crippen molar-refractivity contribution in [2.45, 2.75) is 0 Å². The lowest BCUT2D eigenvalue weighted by Gasteiger charge is -2.05. The number of halogens is 2. The molecular formula is C15H11Cl2N3O. The first-order chi connectivity index (χ1) is 10.0. The molecule has 3 aromatic rings. The summed E-state index contributed by atoms with van der Waals surface area (Å²) in [6.07, 6.45) is 1.65. The van der Waals surface area contributed by atoms with Crippen molar-refractivity contribution < 1.29 is 4.79 Å². The monoisotopic (exact) mass is 319 g/mol. The van der Waals surface area contributed by atoms with Gasteiger partial charge in [0.1, 0.15) is 0 Å². The third kappa shape index (κ3) is 2.68. The number of benzene rings is 2. The highest BCUT2D eigenvalue weighted by atomic mass is 35.5. The summed E-state index contributed by atoms with van der Waals surface area (Å²) >= 11 is 11.8. The molecule has 0 unspecified atom stereocenters. The molecule has 1 heterocycles. The molecule has 6 heteroatoms. The SMILES string of the molecule is Nc1ccc2c(C(=O)Nc3ccc(Cl)c(Cl)c3)c[nH]c2c1. The van der Waals surface area contributed by atoms with Crippen molar-refractivity contribution in [1.29, 1.82) is 0 Å². The number of nitrogens with two attached hydrogens (primary N) is 1. The number of carbonyl (C=O) groups excluding carboxylic acids is 1. The zero-order chi connectivity index (χ0) is 15.0. The molecule has 1 aromatic heterocycles. The van der Waals surface area contributed by atoms with Gasteiger partial charge in [-0.25, -0.2) is 0 Å². The highest BCUT2D eigenvalue weighted by molar-refractivity contribution is 6.42. The average molecular weight is 320 g/mol. The molecule has 0 aliphatic carbocycles. The van der Waals surface area contributed by atoms with Crippen LogP contribution >= 0.6 is 23.2 Å². The lowest BCUT2D eigenvalue weighted by molar-refractivity contribution is 0.102. The van der Waals surface area contributed by atoms with Gasteiger partial charge < -0.3 is 16.0 Å². The van der Waals surface area contributed by atoms with Crippen molar-refractivity contribution in [3.63, 3.8) is 0 Å². The largest absolute Gasteiger partial charge is 0.399 e. The molecule has 0 bridgehead atoms. The lowest BCUT2D eigenvalue weighted by atomic mass is 10.1. The van der Waals surface area contributed by atoms with Gasteiger partial charge >= 0.3 is 0 Å². The Bertz CT molecular complexity index is 842. The molecule has 2 aromatic carbocycles. The highest BCUT2D eigenvalue weighted by Crippen LogP contribution is 2.26. The number of anilines is 2. The second-order valence-corrected chi connectivity index (χ2v) is 5.40. The summed E-state index contributed by atoms with van der Waals surface area (Å²) in [7, 11) is 0. The van der Waals surface area contributed by atoms with E-state index in [0.29, 0.717) is 27.0 Å². The number of carbonyl (C=O) groups is 1. The van der Waals surface area contributed by atoms with Crippen LogP contribution in [0.2, 0.25) is 10.0 Å². The molecule has 0 fully saturated rings. The fourth-order valence-corrected chi connectivity index (χ4v) is 2.40. The third-order valence-corrected chi connectivity index (χ3v) is 3.87. The Morgan fingerprint density at radius 2 is 1.90 bits per heavy atom. The Balaban J connectivity index is 1.91. The van der Waals surface area contributed by atoms with Gasteiger partial charge in [0.2, 0.25) is 0 Å². The van der Waals surface area contributed by atoms with Gasteiger partial charge in [0.25, 0.3) is 5.91 Å². The average Bonchev–Trinajstić information content (AvgIpc) is 2.85. The summed E-state index contributed by atoms with van der Waals surface area (Å²) in [5, 5.41) is 4.42. The van der Waals surface area contributed by atoms with Crippen LogP contribution in [0.5, 0.6) is 0 Å². The van der Waals surface area contributed by atoms with E-state index in [-0.39, 0.29) is 5.91 Å². The van der Waals surface area contributed by atoms with Crippen LogP contribution in [0.4, 0.5) is 11.4 Å². The van der Waals surface area contributed by atoms with Crippen LogP contribution in [-0.4, -0.2) is 10.9 Å². The minimum atomic E-state index is -0.232. The van der Waals surface area contributed by atoms with Crippen molar-refractivity contribution in [1.82, 2.24) is 4.98 Å². The number of aromatic nitrogens is 1. The number of amides is 1. The van der Waals surface area contributed by atoms with Crippen LogP contribution in [0.3, 0.4) is 0 Å². The molecule has 3 rings (SSSR count). The molecule has 0 saturated heterocycles. The molecule has 0 spiro atoms. The van der Waals surface area contributed by atoms with E-state index in [9.17, 15) is 4.79 Å². The molecule has 106 valence electrons. The quantitative estimate of drug-likeness (QED) is 0.616. The first-order valence-corrected chi connectivity index (χ1v) is 6.93. The number of hydrogen-bond donors (Lipinski definition) is 3. The molecular weight excluding hydrogens is 309 g/mol. The van der Waals surface area contributed by atoms with Crippen LogP contribution in [0.15, 0.2) is 42.6 Å². The number of fused-ring (bicyclic) bond motifs is 1. The fraction of sp³-hybridized carbons (Fsp3) is 0. The van der Waals surface area contributed by atoms with Gasteiger partial charge in [-0.2, -0.15) is 0 Å². The van der Waals surface area contributed by atoms with E-state index >= 15 is 0 Å². The molecule has 0 atom stereocenters. The number of H-pyrrole nitrogens is 1. The predicted octanol–water partition coefficient (Wildman–Crippen LogP) is 4.31. The lowest BCUT2D eigenvalue weighted by Crippen LogP contribution is -2.11. The van der Waals surface area contributed by atoms with E-state index in [4.69, 9.17) is 28.9 Å². The van der Waals surface area contributed by atoms with Crippen LogP contribution in [0.25, 0.3) is 10.9 Å². The molecule has 21 heavy (non-hydrogen) atoms. The summed E-state index contributed by atoms with van der Waals surface area (Å²) in [6.45, 7) is 0. The zero-order valence-electron chi connectivity index (χ0n) is 10.8. The molecule has 1 amide bonds. The second kappa shape index (κ2) is 5.31. The van der Waals surface area contributed by atoms with Gasteiger partial charge in [-0.05, 0) is 36.4 Å². The Labute approximate surface area is 130 Å². The van der Waals surface area contributed by atoms with Gasteiger partial charge in [0.15, 0.2) is 0 Å². The van der Waals surface area contributed by atoms with Crippen molar-refractivity contribution in [3.05, 3.63) is 58.2 Å². The highest BCUT2D eigenvalue weighted by Gasteiger charge is 2.12. The van der Waals surface area contributed by atoms with E-state index in [1.165, 1.54) is 0 Å². The predicted molar refractivity (Wildman–Crippen MR) is 87.1 cm³/mol. The summed E-state index contributed by atoms with van der Waals surface area (Å²) in [6, 6.07) is 10.3. The summed E-state index contributed by atoms with van der Waals surface area (Å²) in [4.78, 5) is 15.4. The molecule has 4 N–H and O–H groups in total. The summed E-state index contributed by atoms with van der Waals surface area (Å²) < 4.78 is 0. The topological polar surface area (TPSA) is 70.9 Å². The standard InChI is InChI=1S/C15H11Cl2N3O/c16-12-4-2-9(6-13(12)17)20-15(21)11-7-19-14-5-8(18)1-3-10(11)14/h1-7,19H,18H2,(H,20,21). The van der Waals surface area contributed by atoms with Crippen LogP contribution < -0.4 is 11.1 Å². The Morgan fingerprint density at radius 1 is 1.10 bits per heavy atom. The maximum absolute atomic E-state index is 12.3. The molecule has 0 saturated carbocycles. The van der Waals surface area contributed by atoms with E-state index in [1.54, 1.807) is 36.5 Å². The number of rotatable bonds is 2. The van der Waals surface area contributed by atoms with Crippen LogP contribution in [0, 0.1) is 0 Å². The number of nitrogens with one attached hydrogen (secondary N) is 2. The summed E-state index contributed by atoms with van der Waals surface area (Å²) in [5.41, 5.74) is 8.29. The Kier molecular flexibility index (Phi) is 3.49. The van der Waals surface area contributed by atoms with Crippen molar-refractivity contribution >= 4 is 51.4 Å². The van der Waals surface area contributed by atoms with Gasteiger partial charge in [0.05, 0.1) is 15.6 Å². The van der Waals surface area contributed by atoms with Gasteiger partial charge in [0, 0.05) is 28.5 Å². The Hall–Kier alpha value is -2.17. The molecule has 0 radical (unpaired) electrons. The third-order valence-electron chi connectivity index (χ3n) is 3.13. The number of aromatic amines is 1. The van der Waals surface area contributed by atoms with E-state index in [2.05, 4.69) is 10.3 Å². The minimum Gasteiger partial charge on any atom is -0.399 e. The summed E-state index contributed by atoms with van der Waals surface area (Å²) in [5.74, 6) is -0.232. The fourth-order valence-electron chi connectivity index (χ4n) is 2.10. The first kappa shape index (κ1) is 13.8. The van der Waals surface area contributed by atoms with Gasteiger partial charge in [-0.1, -0.05) is 23.2 Å².